The van der Waals surface area contributed by atoms with Crippen molar-refractivity contribution in [2.45, 2.75) is 26.2 Å². The quantitative estimate of drug-likeness (QED) is 0.687. The Bertz CT molecular complexity index is 656. The topological polar surface area (TPSA) is 70.2 Å². The van der Waals surface area contributed by atoms with Gasteiger partial charge in [0, 0.05) is 18.5 Å². The molecule has 0 aliphatic heterocycles. The Labute approximate surface area is 136 Å². The van der Waals surface area contributed by atoms with Crippen LogP contribution < -0.4 is 16.2 Å². The second-order valence-corrected chi connectivity index (χ2v) is 5.26. The van der Waals surface area contributed by atoms with Gasteiger partial charge in [-0.05, 0) is 37.1 Å². The third kappa shape index (κ3) is 5.82. The van der Waals surface area contributed by atoms with Crippen LogP contribution in [0.4, 0.5) is 11.4 Å². The maximum Gasteiger partial charge on any atom is 0.238 e. The zero-order chi connectivity index (χ0) is 16.5. The zero-order valence-electron chi connectivity index (χ0n) is 13.1. The number of carbonyl (C=O) groups excluding carboxylic acids is 2. The minimum absolute atomic E-state index is 0.0872. The molecule has 0 aromatic heterocycles. The van der Waals surface area contributed by atoms with E-state index in [2.05, 4.69) is 16.2 Å². The summed E-state index contributed by atoms with van der Waals surface area (Å²) in [5.74, 6) is -0.225. The number of hydrogen-bond acceptors (Lipinski definition) is 3. The lowest BCUT2D eigenvalue weighted by Crippen LogP contribution is -2.29. The van der Waals surface area contributed by atoms with Gasteiger partial charge < -0.3 is 5.32 Å². The van der Waals surface area contributed by atoms with Gasteiger partial charge in [0.2, 0.25) is 11.8 Å². The summed E-state index contributed by atoms with van der Waals surface area (Å²) in [5.41, 5.74) is 8.21. The maximum atomic E-state index is 11.8. The van der Waals surface area contributed by atoms with Crippen molar-refractivity contribution in [2.75, 3.05) is 10.7 Å². The molecular formula is C18H21N3O2. The average Bonchev–Trinajstić information content (AvgIpc) is 2.55. The third-order valence-corrected chi connectivity index (χ3v) is 3.35. The van der Waals surface area contributed by atoms with E-state index in [0.29, 0.717) is 19.3 Å². The number of nitrogens with one attached hydrogen (secondary N) is 3. The molecule has 2 amide bonds. The first-order chi connectivity index (χ1) is 11.1. The van der Waals surface area contributed by atoms with Crippen LogP contribution in [0, 0.1) is 6.92 Å². The van der Waals surface area contributed by atoms with Gasteiger partial charge in [-0.3, -0.25) is 20.4 Å². The molecule has 0 aliphatic carbocycles. The second kappa shape index (κ2) is 8.58. The Kier molecular flexibility index (Phi) is 6.17. The van der Waals surface area contributed by atoms with Crippen molar-refractivity contribution in [3.8, 4) is 0 Å². The Morgan fingerprint density at radius 2 is 1.52 bits per heavy atom. The molecule has 2 aromatic rings. The number of aryl methyl sites for hydroxylation is 1. The molecular weight excluding hydrogens is 290 g/mol. The Hall–Kier alpha value is -2.82. The van der Waals surface area contributed by atoms with Crippen molar-refractivity contribution in [1.29, 1.82) is 0 Å². The van der Waals surface area contributed by atoms with Crippen LogP contribution in [0.25, 0.3) is 0 Å². The van der Waals surface area contributed by atoms with E-state index in [9.17, 15) is 9.59 Å². The molecule has 23 heavy (non-hydrogen) atoms. The van der Waals surface area contributed by atoms with Gasteiger partial charge in [0.1, 0.15) is 0 Å². The highest BCUT2D eigenvalue weighted by atomic mass is 16.2. The van der Waals surface area contributed by atoms with E-state index in [-0.39, 0.29) is 11.8 Å². The monoisotopic (exact) mass is 311 g/mol. The lowest BCUT2D eigenvalue weighted by molar-refractivity contribution is -0.120. The number of benzene rings is 2. The molecule has 0 fully saturated rings. The predicted molar refractivity (Wildman–Crippen MR) is 91.9 cm³/mol. The van der Waals surface area contributed by atoms with Crippen LogP contribution in [-0.4, -0.2) is 11.8 Å². The lowest BCUT2D eigenvalue weighted by Gasteiger charge is -2.10. The maximum absolute atomic E-state index is 11.8. The fourth-order valence-corrected chi connectivity index (χ4v) is 2.07. The Balaban J connectivity index is 1.65. The molecule has 5 nitrogen and oxygen atoms in total. The molecule has 0 aliphatic rings. The lowest BCUT2D eigenvalue weighted by atomic mass is 10.2. The van der Waals surface area contributed by atoms with Crippen LogP contribution >= 0.6 is 0 Å². The Morgan fingerprint density at radius 3 is 2.26 bits per heavy atom. The molecule has 3 N–H and O–H groups in total. The molecule has 0 unspecified atom stereocenters. The molecule has 120 valence electrons. The van der Waals surface area contributed by atoms with E-state index in [1.54, 1.807) is 0 Å². The van der Waals surface area contributed by atoms with Crippen LogP contribution in [-0.2, 0) is 9.59 Å². The van der Waals surface area contributed by atoms with E-state index in [1.165, 1.54) is 0 Å². The van der Waals surface area contributed by atoms with Gasteiger partial charge in [-0.2, -0.15) is 0 Å². The first-order valence-corrected chi connectivity index (χ1v) is 7.60. The number of carbonyl (C=O) groups is 2. The van der Waals surface area contributed by atoms with Gasteiger partial charge in [-0.1, -0.05) is 36.4 Å². The van der Waals surface area contributed by atoms with Crippen LogP contribution in [0.3, 0.4) is 0 Å². The van der Waals surface area contributed by atoms with Crippen LogP contribution in [0.15, 0.2) is 54.6 Å². The number of anilines is 2. The Morgan fingerprint density at radius 1 is 0.870 bits per heavy atom. The minimum Gasteiger partial charge on any atom is -0.326 e. The van der Waals surface area contributed by atoms with Gasteiger partial charge in [0.15, 0.2) is 0 Å². The molecule has 2 rings (SSSR count). The van der Waals surface area contributed by atoms with Gasteiger partial charge in [-0.15, -0.1) is 0 Å². The summed E-state index contributed by atoms with van der Waals surface area (Å²) in [6, 6.07) is 17.0. The molecule has 0 saturated heterocycles. The summed E-state index contributed by atoms with van der Waals surface area (Å²) in [6.07, 6.45) is 1.10. The van der Waals surface area contributed by atoms with E-state index in [0.717, 1.165) is 16.9 Å². The van der Waals surface area contributed by atoms with Gasteiger partial charge >= 0.3 is 0 Å². The highest BCUT2D eigenvalue weighted by molar-refractivity contribution is 5.91. The smallest absolute Gasteiger partial charge is 0.238 e. The van der Waals surface area contributed by atoms with Crippen molar-refractivity contribution < 1.29 is 9.59 Å². The number of amides is 2. The van der Waals surface area contributed by atoms with Crippen LogP contribution in [0.2, 0.25) is 0 Å². The number of hydrazine groups is 1. The van der Waals surface area contributed by atoms with Crippen molar-refractivity contribution in [1.82, 2.24) is 5.43 Å². The van der Waals surface area contributed by atoms with Crippen molar-refractivity contribution >= 4 is 23.2 Å². The highest BCUT2D eigenvalue weighted by Gasteiger charge is 2.06. The molecule has 0 saturated carbocycles. The second-order valence-electron chi connectivity index (χ2n) is 5.26. The summed E-state index contributed by atoms with van der Waals surface area (Å²) in [5, 5.41) is 2.79. The molecule has 0 spiro atoms. The number of hydrogen-bond donors (Lipinski definition) is 3. The fourth-order valence-electron chi connectivity index (χ4n) is 2.07. The predicted octanol–water partition coefficient (Wildman–Crippen LogP) is 3.25. The highest BCUT2D eigenvalue weighted by Crippen LogP contribution is 2.11. The summed E-state index contributed by atoms with van der Waals surface area (Å²) in [7, 11) is 0. The molecule has 0 atom stereocenters. The fraction of sp³-hybridized carbons (Fsp3) is 0.222. The molecule has 0 radical (unpaired) electrons. The number of rotatable bonds is 7. The minimum atomic E-state index is -0.138. The summed E-state index contributed by atoms with van der Waals surface area (Å²) in [6.45, 7) is 1.96. The average molecular weight is 311 g/mol. The first kappa shape index (κ1) is 16.5. The molecule has 0 heterocycles. The van der Waals surface area contributed by atoms with Crippen molar-refractivity contribution in [3.05, 3.63) is 60.2 Å². The normalized spacial score (nSPS) is 9.96. The van der Waals surface area contributed by atoms with E-state index >= 15 is 0 Å². The van der Waals surface area contributed by atoms with E-state index in [4.69, 9.17) is 0 Å². The molecule has 2 aromatic carbocycles. The summed E-state index contributed by atoms with van der Waals surface area (Å²) in [4.78, 5) is 23.5. The SMILES string of the molecule is Cc1ccccc1NNC(=O)CCCC(=O)Nc1ccccc1. The van der Waals surface area contributed by atoms with Gasteiger partial charge in [-0.25, -0.2) is 0 Å². The first-order valence-electron chi connectivity index (χ1n) is 7.60. The standard InChI is InChI=1S/C18H21N3O2/c1-14-8-5-6-11-16(14)20-21-18(23)13-7-12-17(22)19-15-9-3-2-4-10-15/h2-6,8-11,20H,7,12-13H2,1H3,(H,19,22)(H,21,23). The van der Waals surface area contributed by atoms with Gasteiger partial charge in [0.05, 0.1) is 5.69 Å². The zero-order valence-corrected chi connectivity index (χ0v) is 13.1. The van der Waals surface area contributed by atoms with Gasteiger partial charge in [0.25, 0.3) is 0 Å². The van der Waals surface area contributed by atoms with Crippen molar-refractivity contribution in [2.24, 2.45) is 0 Å². The molecule has 0 bridgehead atoms. The third-order valence-electron chi connectivity index (χ3n) is 3.35. The van der Waals surface area contributed by atoms with Crippen molar-refractivity contribution in [3.63, 3.8) is 0 Å². The largest absolute Gasteiger partial charge is 0.326 e. The van der Waals surface area contributed by atoms with E-state index in [1.807, 2.05) is 61.5 Å². The number of para-hydroxylation sites is 2. The molecule has 5 heteroatoms. The van der Waals surface area contributed by atoms with Crippen LogP contribution in [0.5, 0.6) is 0 Å². The summed E-state index contributed by atoms with van der Waals surface area (Å²) < 4.78 is 0. The van der Waals surface area contributed by atoms with E-state index < -0.39 is 0 Å². The van der Waals surface area contributed by atoms with Crippen LogP contribution in [0.1, 0.15) is 24.8 Å². The summed E-state index contributed by atoms with van der Waals surface area (Å²) >= 11 is 0.